The minimum atomic E-state index is -0.749. The van der Waals surface area contributed by atoms with Crippen molar-refractivity contribution in [2.24, 2.45) is 0 Å². The molecule has 1 aromatic heterocycles. The maximum Gasteiger partial charge on any atom is 0.137 e. The maximum absolute atomic E-state index is 13.4. The van der Waals surface area contributed by atoms with Crippen LogP contribution in [0, 0.1) is 12.7 Å². The monoisotopic (exact) mass is 309 g/mol. The number of aliphatic hydroxyl groups excluding tert-OH is 1. The van der Waals surface area contributed by atoms with Gasteiger partial charge in [-0.05, 0) is 52.2 Å². The molecule has 18 heavy (non-hydrogen) atoms. The third-order valence-electron chi connectivity index (χ3n) is 2.83. The number of aliphatic hydroxyl groups is 1. The second kappa shape index (κ2) is 5.59. The summed E-state index contributed by atoms with van der Waals surface area (Å²) in [7, 11) is 0. The summed E-state index contributed by atoms with van der Waals surface area (Å²) in [5.74, 6) is -0.371. The van der Waals surface area contributed by atoms with E-state index in [1.165, 1.54) is 6.07 Å². The average Bonchev–Trinajstić information content (AvgIpc) is 2.35. The third-order valence-corrected chi connectivity index (χ3v) is 3.48. The zero-order valence-corrected chi connectivity index (χ0v) is 11.5. The molecule has 0 aliphatic rings. The number of hydrogen-bond donors (Lipinski definition) is 1. The standard InChI is InChI=1S/C14H13BrFNO/c1-9-3-2-6-17-13(9)8-14(18)10-4-5-11(15)12(16)7-10/h2-7,14,18H,8H2,1H3. The number of benzene rings is 1. The van der Waals surface area contributed by atoms with E-state index in [9.17, 15) is 9.50 Å². The molecule has 2 nitrogen and oxygen atoms in total. The van der Waals surface area contributed by atoms with E-state index in [1.54, 1.807) is 18.3 Å². The molecule has 1 N–H and O–H groups in total. The quantitative estimate of drug-likeness (QED) is 0.940. The Bertz CT molecular complexity index is 559. The smallest absolute Gasteiger partial charge is 0.137 e. The van der Waals surface area contributed by atoms with Crippen LogP contribution in [0.4, 0.5) is 4.39 Å². The van der Waals surface area contributed by atoms with Crippen LogP contribution in [0.2, 0.25) is 0 Å². The van der Waals surface area contributed by atoms with E-state index in [4.69, 9.17) is 0 Å². The van der Waals surface area contributed by atoms with E-state index in [-0.39, 0.29) is 5.82 Å². The molecule has 1 unspecified atom stereocenters. The van der Waals surface area contributed by atoms with Crippen molar-refractivity contribution in [2.75, 3.05) is 0 Å². The van der Waals surface area contributed by atoms with Gasteiger partial charge < -0.3 is 5.11 Å². The number of pyridine rings is 1. The third kappa shape index (κ3) is 2.94. The van der Waals surface area contributed by atoms with Crippen molar-refractivity contribution in [1.82, 2.24) is 4.98 Å². The lowest BCUT2D eigenvalue weighted by atomic mass is 10.0. The fourth-order valence-corrected chi connectivity index (χ4v) is 2.00. The summed E-state index contributed by atoms with van der Waals surface area (Å²) >= 11 is 3.09. The zero-order valence-electron chi connectivity index (χ0n) is 9.90. The van der Waals surface area contributed by atoms with Crippen LogP contribution < -0.4 is 0 Å². The second-order valence-corrected chi connectivity index (χ2v) is 5.01. The van der Waals surface area contributed by atoms with Gasteiger partial charge >= 0.3 is 0 Å². The van der Waals surface area contributed by atoms with Gasteiger partial charge in [0, 0.05) is 18.3 Å². The van der Waals surface area contributed by atoms with E-state index in [0.29, 0.717) is 16.5 Å². The van der Waals surface area contributed by atoms with Crippen LogP contribution >= 0.6 is 15.9 Å². The number of nitrogens with zero attached hydrogens (tertiary/aromatic N) is 1. The summed E-state index contributed by atoms with van der Waals surface area (Å²) in [5.41, 5.74) is 2.41. The Hall–Kier alpha value is -1.26. The van der Waals surface area contributed by atoms with Gasteiger partial charge in [-0.3, -0.25) is 4.98 Å². The molecule has 0 bridgehead atoms. The van der Waals surface area contributed by atoms with Crippen molar-refractivity contribution in [3.63, 3.8) is 0 Å². The number of aromatic nitrogens is 1. The molecule has 94 valence electrons. The highest BCUT2D eigenvalue weighted by molar-refractivity contribution is 9.10. The molecule has 2 aromatic rings. The van der Waals surface area contributed by atoms with E-state index >= 15 is 0 Å². The molecule has 2 rings (SSSR count). The molecule has 4 heteroatoms. The van der Waals surface area contributed by atoms with Crippen LogP contribution in [0.15, 0.2) is 41.0 Å². The Labute approximate surface area is 114 Å². The lowest BCUT2D eigenvalue weighted by molar-refractivity contribution is 0.176. The summed E-state index contributed by atoms with van der Waals surface area (Å²) in [6.07, 6.45) is 1.33. The summed E-state index contributed by atoms with van der Waals surface area (Å²) in [6, 6.07) is 8.43. The molecule has 0 fully saturated rings. The fourth-order valence-electron chi connectivity index (χ4n) is 1.75. The molecule has 1 atom stereocenters. The van der Waals surface area contributed by atoms with Crippen molar-refractivity contribution in [3.8, 4) is 0 Å². The lowest BCUT2D eigenvalue weighted by Gasteiger charge is -2.12. The first-order valence-corrected chi connectivity index (χ1v) is 6.40. The van der Waals surface area contributed by atoms with Crippen LogP contribution in [0.5, 0.6) is 0 Å². The zero-order chi connectivity index (χ0) is 13.1. The predicted molar refractivity (Wildman–Crippen MR) is 71.7 cm³/mol. The first-order chi connectivity index (χ1) is 8.58. The highest BCUT2D eigenvalue weighted by atomic mass is 79.9. The van der Waals surface area contributed by atoms with Gasteiger partial charge in [0.15, 0.2) is 0 Å². The van der Waals surface area contributed by atoms with Gasteiger partial charge in [0.2, 0.25) is 0 Å². The highest BCUT2D eigenvalue weighted by Crippen LogP contribution is 2.23. The second-order valence-electron chi connectivity index (χ2n) is 4.16. The minimum Gasteiger partial charge on any atom is -0.388 e. The van der Waals surface area contributed by atoms with E-state index in [0.717, 1.165) is 11.3 Å². The molecule has 1 heterocycles. The van der Waals surface area contributed by atoms with Gasteiger partial charge in [-0.25, -0.2) is 4.39 Å². The number of rotatable bonds is 3. The molecule has 0 amide bonds. The number of aryl methyl sites for hydroxylation is 1. The van der Waals surface area contributed by atoms with Crippen molar-refractivity contribution in [2.45, 2.75) is 19.4 Å². The molecule has 0 saturated heterocycles. The first kappa shape index (κ1) is 13.2. The molecular weight excluding hydrogens is 297 g/mol. The van der Waals surface area contributed by atoms with Crippen molar-refractivity contribution >= 4 is 15.9 Å². The highest BCUT2D eigenvalue weighted by Gasteiger charge is 2.12. The van der Waals surface area contributed by atoms with Gasteiger partial charge in [0.1, 0.15) is 5.82 Å². The molecule has 0 radical (unpaired) electrons. The van der Waals surface area contributed by atoms with Gasteiger partial charge in [-0.1, -0.05) is 12.1 Å². The molecular formula is C14H13BrFNO. The Kier molecular flexibility index (Phi) is 4.09. The lowest BCUT2D eigenvalue weighted by Crippen LogP contribution is -2.05. The largest absolute Gasteiger partial charge is 0.388 e. The van der Waals surface area contributed by atoms with Crippen molar-refractivity contribution in [3.05, 3.63) is 63.6 Å². The topological polar surface area (TPSA) is 33.1 Å². The summed E-state index contributed by atoms with van der Waals surface area (Å²) < 4.78 is 13.8. The Balaban J connectivity index is 2.19. The molecule has 1 aromatic carbocycles. The SMILES string of the molecule is Cc1cccnc1CC(O)c1ccc(Br)c(F)c1. The molecule has 0 saturated carbocycles. The number of halogens is 2. The minimum absolute atomic E-state index is 0.371. The summed E-state index contributed by atoms with van der Waals surface area (Å²) in [4.78, 5) is 4.22. The van der Waals surface area contributed by atoms with Crippen LogP contribution in [-0.4, -0.2) is 10.1 Å². The van der Waals surface area contributed by atoms with Crippen LogP contribution in [0.3, 0.4) is 0 Å². The molecule has 0 aliphatic heterocycles. The van der Waals surface area contributed by atoms with Crippen molar-refractivity contribution < 1.29 is 9.50 Å². The Morgan fingerprint density at radius 1 is 1.39 bits per heavy atom. The Morgan fingerprint density at radius 2 is 2.17 bits per heavy atom. The predicted octanol–water partition coefficient (Wildman–Crippen LogP) is 3.57. The van der Waals surface area contributed by atoms with Gasteiger partial charge in [0.05, 0.1) is 10.6 Å². The van der Waals surface area contributed by atoms with Gasteiger partial charge in [-0.2, -0.15) is 0 Å². The molecule has 0 aliphatic carbocycles. The van der Waals surface area contributed by atoms with Crippen LogP contribution in [0.25, 0.3) is 0 Å². The van der Waals surface area contributed by atoms with Gasteiger partial charge in [-0.15, -0.1) is 0 Å². The fraction of sp³-hybridized carbons (Fsp3) is 0.214. The number of hydrogen-bond acceptors (Lipinski definition) is 2. The van der Waals surface area contributed by atoms with E-state index in [1.807, 2.05) is 19.1 Å². The van der Waals surface area contributed by atoms with E-state index < -0.39 is 6.10 Å². The van der Waals surface area contributed by atoms with Crippen LogP contribution in [0.1, 0.15) is 22.9 Å². The van der Waals surface area contributed by atoms with Crippen LogP contribution in [-0.2, 0) is 6.42 Å². The average molecular weight is 310 g/mol. The normalized spacial score (nSPS) is 12.4. The van der Waals surface area contributed by atoms with Gasteiger partial charge in [0.25, 0.3) is 0 Å². The van der Waals surface area contributed by atoms with E-state index in [2.05, 4.69) is 20.9 Å². The first-order valence-electron chi connectivity index (χ1n) is 5.61. The maximum atomic E-state index is 13.4. The summed E-state index contributed by atoms with van der Waals surface area (Å²) in [5, 5.41) is 10.1. The Morgan fingerprint density at radius 3 is 2.83 bits per heavy atom. The summed E-state index contributed by atoms with van der Waals surface area (Å²) in [6.45, 7) is 1.94. The molecule has 0 spiro atoms. The van der Waals surface area contributed by atoms with Crippen molar-refractivity contribution in [1.29, 1.82) is 0 Å².